The molecule has 0 radical (unpaired) electrons. The molecule has 0 saturated carbocycles. The first-order chi connectivity index (χ1) is 8.77. The standard InChI is InChI=1S/C15H26O3/c1-15(17-13-14-18-15)11-9-7-5-3-2-4-6-8-10-12-16/h2,4,12H,3,5-11,13-14H2,1H3. The Kier molecular flexibility index (Phi) is 7.94. The lowest BCUT2D eigenvalue weighted by molar-refractivity contribution is -0.147. The van der Waals surface area contributed by atoms with Gasteiger partial charge in [-0.1, -0.05) is 18.6 Å². The third-order valence-electron chi connectivity index (χ3n) is 3.26. The van der Waals surface area contributed by atoms with Crippen molar-refractivity contribution in [1.29, 1.82) is 0 Å². The van der Waals surface area contributed by atoms with E-state index in [1.54, 1.807) is 0 Å². The quantitative estimate of drug-likeness (QED) is 0.339. The van der Waals surface area contributed by atoms with Crippen molar-refractivity contribution < 1.29 is 14.3 Å². The molecule has 0 bridgehead atoms. The maximum absolute atomic E-state index is 10.1. The van der Waals surface area contributed by atoms with E-state index in [1.165, 1.54) is 12.8 Å². The molecule has 0 spiro atoms. The molecule has 0 aromatic heterocycles. The van der Waals surface area contributed by atoms with Crippen LogP contribution in [0.15, 0.2) is 12.2 Å². The lowest BCUT2D eigenvalue weighted by Crippen LogP contribution is -2.24. The zero-order valence-electron chi connectivity index (χ0n) is 11.5. The van der Waals surface area contributed by atoms with Crippen molar-refractivity contribution in [2.75, 3.05) is 13.2 Å². The molecule has 0 amide bonds. The lowest BCUT2D eigenvalue weighted by Gasteiger charge is -2.21. The van der Waals surface area contributed by atoms with Crippen LogP contribution in [0.3, 0.4) is 0 Å². The molecule has 18 heavy (non-hydrogen) atoms. The number of carbonyl (C=O) groups excluding carboxylic acids is 1. The predicted octanol–water partition coefficient (Wildman–Crippen LogP) is 3.63. The van der Waals surface area contributed by atoms with Gasteiger partial charge in [0.05, 0.1) is 13.2 Å². The van der Waals surface area contributed by atoms with Gasteiger partial charge < -0.3 is 14.3 Å². The Morgan fingerprint density at radius 1 is 0.944 bits per heavy atom. The Bertz CT molecular complexity index is 242. The van der Waals surface area contributed by atoms with Crippen LogP contribution in [0.1, 0.15) is 58.3 Å². The zero-order valence-corrected chi connectivity index (χ0v) is 11.5. The fraction of sp³-hybridized carbons (Fsp3) is 0.800. The lowest BCUT2D eigenvalue weighted by atomic mass is 10.1. The second kappa shape index (κ2) is 9.29. The summed E-state index contributed by atoms with van der Waals surface area (Å²) in [6.07, 6.45) is 13.8. The molecule has 0 aliphatic carbocycles. The van der Waals surface area contributed by atoms with Crippen LogP contribution in [-0.4, -0.2) is 25.3 Å². The van der Waals surface area contributed by atoms with E-state index in [1.807, 2.05) is 6.92 Å². The Balaban J connectivity index is 1.87. The van der Waals surface area contributed by atoms with Gasteiger partial charge in [0.25, 0.3) is 0 Å². The summed E-state index contributed by atoms with van der Waals surface area (Å²) >= 11 is 0. The fourth-order valence-electron chi connectivity index (χ4n) is 2.14. The summed E-state index contributed by atoms with van der Waals surface area (Å²) in [6, 6.07) is 0. The average Bonchev–Trinajstić information content (AvgIpc) is 2.79. The van der Waals surface area contributed by atoms with Crippen molar-refractivity contribution in [2.24, 2.45) is 0 Å². The minimum Gasteiger partial charge on any atom is -0.348 e. The largest absolute Gasteiger partial charge is 0.348 e. The second-order valence-electron chi connectivity index (χ2n) is 5.00. The van der Waals surface area contributed by atoms with Crippen LogP contribution in [0.4, 0.5) is 0 Å². The van der Waals surface area contributed by atoms with Crippen molar-refractivity contribution >= 4 is 6.29 Å². The second-order valence-corrected chi connectivity index (χ2v) is 5.00. The molecule has 1 saturated heterocycles. The normalized spacial score (nSPS) is 18.5. The third-order valence-corrected chi connectivity index (χ3v) is 3.26. The monoisotopic (exact) mass is 254 g/mol. The number of ether oxygens (including phenoxy) is 2. The Labute approximate surface area is 111 Å². The smallest absolute Gasteiger partial charge is 0.165 e. The number of rotatable bonds is 10. The third kappa shape index (κ3) is 6.92. The molecule has 0 atom stereocenters. The summed E-state index contributed by atoms with van der Waals surface area (Å²) < 4.78 is 11.1. The van der Waals surface area contributed by atoms with Gasteiger partial charge in [-0.05, 0) is 39.0 Å². The van der Waals surface area contributed by atoms with E-state index in [0.29, 0.717) is 6.42 Å². The minimum atomic E-state index is -0.315. The van der Waals surface area contributed by atoms with Crippen molar-refractivity contribution in [3.63, 3.8) is 0 Å². The van der Waals surface area contributed by atoms with Crippen LogP contribution in [0.5, 0.6) is 0 Å². The molecule has 1 aliphatic rings. The maximum atomic E-state index is 10.1. The summed E-state index contributed by atoms with van der Waals surface area (Å²) in [5, 5.41) is 0. The number of carbonyl (C=O) groups is 1. The number of unbranched alkanes of at least 4 members (excludes halogenated alkanes) is 5. The van der Waals surface area contributed by atoms with E-state index >= 15 is 0 Å². The van der Waals surface area contributed by atoms with E-state index in [4.69, 9.17) is 9.47 Å². The summed E-state index contributed by atoms with van der Waals surface area (Å²) in [5.41, 5.74) is 0. The highest BCUT2D eigenvalue weighted by molar-refractivity contribution is 5.48. The summed E-state index contributed by atoms with van der Waals surface area (Å²) in [5.74, 6) is -0.315. The first kappa shape index (κ1) is 15.4. The molecule has 0 N–H and O–H groups in total. The topological polar surface area (TPSA) is 35.5 Å². The summed E-state index contributed by atoms with van der Waals surface area (Å²) in [6.45, 7) is 3.51. The predicted molar refractivity (Wildman–Crippen MR) is 72.4 cm³/mol. The van der Waals surface area contributed by atoms with E-state index in [9.17, 15) is 4.79 Å². The van der Waals surface area contributed by atoms with E-state index in [-0.39, 0.29) is 5.79 Å². The minimum absolute atomic E-state index is 0.315. The van der Waals surface area contributed by atoms with E-state index in [2.05, 4.69) is 12.2 Å². The van der Waals surface area contributed by atoms with E-state index < -0.39 is 0 Å². The Morgan fingerprint density at radius 2 is 1.61 bits per heavy atom. The highest BCUT2D eigenvalue weighted by Gasteiger charge is 2.29. The molecule has 0 unspecified atom stereocenters. The van der Waals surface area contributed by atoms with Gasteiger partial charge in [0, 0.05) is 12.8 Å². The van der Waals surface area contributed by atoms with Crippen LogP contribution in [0, 0.1) is 0 Å². The number of allylic oxidation sites excluding steroid dienone is 2. The van der Waals surface area contributed by atoms with Crippen LogP contribution in [-0.2, 0) is 14.3 Å². The van der Waals surface area contributed by atoms with E-state index in [0.717, 1.165) is 51.6 Å². The molecular formula is C15H26O3. The number of aldehydes is 1. The van der Waals surface area contributed by atoms with Gasteiger partial charge >= 0.3 is 0 Å². The van der Waals surface area contributed by atoms with Gasteiger partial charge in [0.1, 0.15) is 6.29 Å². The van der Waals surface area contributed by atoms with Crippen LogP contribution in [0.2, 0.25) is 0 Å². The van der Waals surface area contributed by atoms with Crippen LogP contribution < -0.4 is 0 Å². The molecule has 1 fully saturated rings. The molecule has 3 heteroatoms. The molecular weight excluding hydrogens is 228 g/mol. The SMILES string of the molecule is CC1(CCCCCC=CCCCC=O)OCCO1. The van der Waals surface area contributed by atoms with Crippen molar-refractivity contribution in [1.82, 2.24) is 0 Å². The molecule has 1 rings (SSSR count). The van der Waals surface area contributed by atoms with Gasteiger partial charge in [-0.25, -0.2) is 0 Å². The van der Waals surface area contributed by atoms with Crippen LogP contribution >= 0.6 is 0 Å². The highest BCUT2D eigenvalue weighted by Crippen LogP contribution is 2.25. The highest BCUT2D eigenvalue weighted by atomic mass is 16.7. The first-order valence-corrected chi connectivity index (χ1v) is 7.13. The van der Waals surface area contributed by atoms with Gasteiger partial charge in [0.15, 0.2) is 5.79 Å². The van der Waals surface area contributed by atoms with Crippen molar-refractivity contribution in [2.45, 2.75) is 64.1 Å². The van der Waals surface area contributed by atoms with Gasteiger partial charge in [0.2, 0.25) is 0 Å². The molecule has 1 aliphatic heterocycles. The number of hydrogen-bond donors (Lipinski definition) is 0. The molecule has 3 nitrogen and oxygen atoms in total. The molecule has 104 valence electrons. The molecule has 0 aromatic carbocycles. The first-order valence-electron chi connectivity index (χ1n) is 7.13. The van der Waals surface area contributed by atoms with Gasteiger partial charge in [-0.2, -0.15) is 0 Å². The maximum Gasteiger partial charge on any atom is 0.165 e. The van der Waals surface area contributed by atoms with Crippen LogP contribution in [0.25, 0.3) is 0 Å². The van der Waals surface area contributed by atoms with Crippen molar-refractivity contribution in [3.8, 4) is 0 Å². The summed E-state index contributed by atoms with van der Waals surface area (Å²) in [7, 11) is 0. The van der Waals surface area contributed by atoms with Crippen molar-refractivity contribution in [3.05, 3.63) is 12.2 Å². The molecule has 1 heterocycles. The average molecular weight is 254 g/mol. The van der Waals surface area contributed by atoms with Gasteiger partial charge in [-0.15, -0.1) is 0 Å². The Morgan fingerprint density at radius 3 is 2.28 bits per heavy atom. The fourth-order valence-corrected chi connectivity index (χ4v) is 2.14. The Hall–Kier alpha value is -0.670. The zero-order chi connectivity index (χ0) is 13.1. The molecule has 0 aromatic rings. The summed E-state index contributed by atoms with van der Waals surface area (Å²) in [4.78, 5) is 10.1. The number of hydrogen-bond acceptors (Lipinski definition) is 3. The van der Waals surface area contributed by atoms with Gasteiger partial charge in [-0.3, -0.25) is 0 Å².